The van der Waals surface area contributed by atoms with Crippen LogP contribution in [0.25, 0.3) is 86.5 Å². The van der Waals surface area contributed by atoms with Crippen molar-refractivity contribution >= 4 is 82.1 Å². The molecule has 0 unspecified atom stereocenters. The van der Waals surface area contributed by atoms with Gasteiger partial charge in [0.1, 0.15) is 16.2 Å². The molecule has 2 aromatic heterocycles. The maximum Gasteiger partial charge on any atom is 0.136 e. The van der Waals surface area contributed by atoms with Crippen LogP contribution in [0.3, 0.4) is 0 Å². The van der Waals surface area contributed by atoms with E-state index in [1.54, 1.807) is 11.3 Å². The number of thiazole rings is 1. The fourth-order valence-electron chi connectivity index (χ4n) is 8.12. The van der Waals surface area contributed by atoms with Crippen molar-refractivity contribution in [2.45, 2.75) is 0 Å². The quantitative estimate of drug-likeness (QED) is 0.160. The Bertz CT molecular complexity index is 3200. The molecule has 0 atom stereocenters. The van der Waals surface area contributed by atoms with Crippen LogP contribution < -0.4 is 4.90 Å². The molecule has 11 rings (SSSR count). The number of rotatable bonds is 6. The van der Waals surface area contributed by atoms with Crippen molar-refractivity contribution in [3.63, 3.8) is 0 Å². The molecule has 0 aliphatic heterocycles. The lowest BCUT2D eigenvalue weighted by Gasteiger charge is -2.28. The molecule has 0 saturated heterocycles. The van der Waals surface area contributed by atoms with Gasteiger partial charge in [-0.05, 0) is 93.5 Å². The molecular formula is C51H32N2OS. The van der Waals surface area contributed by atoms with E-state index < -0.39 is 0 Å². The van der Waals surface area contributed by atoms with Crippen LogP contribution in [0.15, 0.2) is 199 Å². The molecule has 0 aliphatic carbocycles. The van der Waals surface area contributed by atoms with Gasteiger partial charge in [0.05, 0.1) is 15.9 Å². The highest BCUT2D eigenvalue weighted by atomic mass is 32.1. The Morgan fingerprint density at radius 2 is 1.13 bits per heavy atom. The van der Waals surface area contributed by atoms with E-state index in [0.717, 1.165) is 66.2 Å². The summed E-state index contributed by atoms with van der Waals surface area (Å²) >= 11 is 1.77. The van der Waals surface area contributed by atoms with Gasteiger partial charge in [-0.25, -0.2) is 4.98 Å². The van der Waals surface area contributed by atoms with E-state index in [4.69, 9.17) is 9.40 Å². The fourth-order valence-corrected chi connectivity index (χ4v) is 9.26. The number of benzene rings is 9. The third-order valence-electron chi connectivity index (χ3n) is 10.7. The summed E-state index contributed by atoms with van der Waals surface area (Å²) in [4.78, 5) is 7.54. The summed E-state index contributed by atoms with van der Waals surface area (Å²) in [7, 11) is 0. The summed E-state index contributed by atoms with van der Waals surface area (Å²) in [6.07, 6.45) is 0. The van der Waals surface area contributed by atoms with Gasteiger partial charge >= 0.3 is 0 Å². The van der Waals surface area contributed by atoms with Crippen LogP contribution in [0.1, 0.15) is 0 Å². The Balaban J connectivity index is 1.17. The maximum absolute atomic E-state index is 6.37. The van der Waals surface area contributed by atoms with Crippen molar-refractivity contribution in [2.24, 2.45) is 0 Å². The Kier molecular flexibility index (Phi) is 7.35. The first-order chi connectivity index (χ1) is 27.3. The number of furan rings is 1. The highest BCUT2D eigenvalue weighted by molar-refractivity contribution is 7.22. The maximum atomic E-state index is 6.37. The minimum atomic E-state index is 0.883. The largest absolute Gasteiger partial charge is 0.456 e. The molecule has 0 radical (unpaired) electrons. The fraction of sp³-hybridized carbons (Fsp3) is 0. The Labute approximate surface area is 322 Å². The van der Waals surface area contributed by atoms with E-state index in [1.807, 2.05) is 12.1 Å². The Morgan fingerprint density at radius 3 is 1.96 bits per heavy atom. The molecule has 9 aromatic carbocycles. The van der Waals surface area contributed by atoms with Crippen molar-refractivity contribution in [3.8, 4) is 32.8 Å². The summed E-state index contributed by atoms with van der Waals surface area (Å²) in [6.45, 7) is 0. The molecule has 11 aromatic rings. The molecule has 0 fully saturated rings. The summed E-state index contributed by atoms with van der Waals surface area (Å²) in [6, 6.07) is 69.2. The van der Waals surface area contributed by atoms with Gasteiger partial charge in [0.25, 0.3) is 0 Å². The lowest BCUT2D eigenvalue weighted by Crippen LogP contribution is -2.11. The van der Waals surface area contributed by atoms with E-state index in [0.29, 0.717) is 0 Å². The van der Waals surface area contributed by atoms with E-state index in [2.05, 4.69) is 187 Å². The van der Waals surface area contributed by atoms with Gasteiger partial charge in [-0.1, -0.05) is 133 Å². The average Bonchev–Trinajstić information content (AvgIpc) is 3.86. The van der Waals surface area contributed by atoms with Crippen LogP contribution in [0, 0.1) is 0 Å². The number of aromatic nitrogens is 1. The topological polar surface area (TPSA) is 29.3 Å². The molecule has 3 nitrogen and oxygen atoms in total. The number of fused-ring (bicyclic) bond motifs is 8. The summed E-state index contributed by atoms with van der Waals surface area (Å²) in [5, 5.41) is 8.12. The van der Waals surface area contributed by atoms with E-state index in [9.17, 15) is 0 Å². The van der Waals surface area contributed by atoms with Crippen molar-refractivity contribution in [1.82, 2.24) is 4.98 Å². The highest BCUT2D eigenvalue weighted by Gasteiger charge is 2.21. The molecular weight excluding hydrogens is 689 g/mol. The Morgan fingerprint density at radius 1 is 0.436 bits per heavy atom. The first-order valence-electron chi connectivity index (χ1n) is 18.5. The van der Waals surface area contributed by atoms with Crippen LogP contribution in [0.2, 0.25) is 0 Å². The molecule has 0 amide bonds. The van der Waals surface area contributed by atoms with Gasteiger partial charge in [0, 0.05) is 38.7 Å². The van der Waals surface area contributed by atoms with Crippen molar-refractivity contribution in [3.05, 3.63) is 194 Å². The molecule has 4 heteroatoms. The second-order valence-electron chi connectivity index (χ2n) is 13.9. The van der Waals surface area contributed by atoms with Crippen LogP contribution in [0.5, 0.6) is 0 Å². The van der Waals surface area contributed by atoms with Crippen LogP contribution in [-0.2, 0) is 0 Å². The molecule has 0 spiro atoms. The van der Waals surface area contributed by atoms with Gasteiger partial charge in [-0.2, -0.15) is 0 Å². The van der Waals surface area contributed by atoms with Gasteiger partial charge in [0.15, 0.2) is 0 Å². The molecule has 258 valence electrons. The number of para-hydroxylation sites is 3. The van der Waals surface area contributed by atoms with Crippen molar-refractivity contribution in [1.29, 1.82) is 0 Å². The zero-order chi connectivity index (χ0) is 36.3. The second-order valence-corrected chi connectivity index (χ2v) is 14.9. The van der Waals surface area contributed by atoms with Crippen LogP contribution in [0.4, 0.5) is 17.1 Å². The third-order valence-corrected chi connectivity index (χ3v) is 11.8. The van der Waals surface area contributed by atoms with Crippen LogP contribution >= 0.6 is 11.3 Å². The standard InChI is InChI=1S/C51H32N2OS/c1-4-14-33(15-5-1)43-30-36-25-29-45-50(55-51(52-45)34-16-6-2-7-17-34)49(36)44-32-38(26-28-40(43)44)53(37-18-8-3-9-19-37)46-22-12-10-20-39(46)35-24-27-42-41-21-11-13-23-47(41)54-48(42)31-35/h1-32H. The van der Waals surface area contributed by atoms with E-state index >= 15 is 0 Å². The zero-order valence-corrected chi connectivity index (χ0v) is 30.5. The minimum absolute atomic E-state index is 0.883. The molecule has 0 saturated carbocycles. The number of hydrogen-bond acceptors (Lipinski definition) is 4. The van der Waals surface area contributed by atoms with E-state index in [-0.39, 0.29) is 0 Å². The SMILES string of the molecule is c1ccc(-c2nc3ccc4cc(-c5ccccc5)c5ccc(N(c6ccccc6)c6ccccc6-c6ccc7c(c6)oc6ccccc67)cc5c4c3s2)cc1. The first kappa shape index (κ1) is 31.5. The van der Waals surface area contributed by atoms with E-state index in [1.165, 1.54) is 37.4 Å². The smallest absolute Gasteiger partial charge is 0.136 e. The monoisotopic (exact) mass is 720 g/mol. The second kappa shape index (κ2) is 12.8. The zero-order valence-electron chi connectivity index (χ0n) is 29.7. The molecule has 0 N–H and O–H groups in total. The predicted octanol–water partition coefficient (Wildman–Crippen LogP) is 15.0. The predicted molar refractivity (Wildman–Crippen MR) is 233 cm³/mol. The summed E-state index contributed by atoms with van der Waals surface area (Å²) < 4.78 is 7.57. The van der Waals surface area contributed by atoms with Crippen LogP contribution in [-0.4, -0.2) is 4.98 Å². The highest BCUT2D eigenvalue weighted by Crippen LogP contribution is 2.46. The first-order valence-corrected chi connectivity index (χ1v) is 19.4. The minimum Gasteiger partial charge on any atom is -0.456 e. The van der Waals surface area contributed by atoms with Crippen molar-refractivity contribution in [2.75, 3.05) is 4.90 Å². The lowest BCUT2D eigenvalue weighted by atomic mass is 9.92. The van der Waals surface area contributed by atoms with Gasteiger partial charge in [-0.3, -0.25) is 0 Å². The average molecular weight is 721 g/mol. The normalized spacial score (nSPS) is 11.6. The molecule has 0 aliphatic rings. The number of hydrogen-bond donors (Lipinski definition) is 0. The molecule has 2 heterocycles. The summed E-state index contributed by atoms with van der Waals surface area (Å²) in [5.74, 6) is 0. The Hall–Kier alpha value is -7.01. The third kappa shape index (κ3) is 5.30. The molecule has 55 heavy (non-hydrogen) atoms. The van der Waals surface area contributed by atoms with Gasteiger partial charge < -0.3 is 9.32 Å². The van der Waals surface area contributed by atoms with Gasteiger partial charge in [-0.15, -0.1) is 11.3 Å². The van der Waals surface area contributed by atoms with Crippen molar-refractivity contribution < 1.29 is 4.42 Å². The lowest BCUT2D eigenvalue weighted by molar-refractivity contribution is 0.669. The van der Waals surface area contributed by atoms with Gasteiger partial charge in [0.2, 0.25) is 0 Å². The number of anilines is 3. The number of nitrogens with zero attached hydrogens (tertiary/aromatic N) is 2. The molecule has 0 bridgehead atoms. The summed E-state index contributed by atoms with van der Waals surface area (Å²) in [5.41, 5.74) is 11.8.